The van der Waals surface area contributed by atoms with Crippen molar-refractivity contribution in [3.8, 4) is 0 Å². The summed E-state index contributed by atoms with van der Waals surface area (Å²) in [7, 11) is 0. The lowest BCUT2D eigenvalue weighted by molar-refractivity contribution is -0.122. The molecule has 2 amide bonds. The standard InChI is InChI=1S/C16H22N2O4/c1-3-6-12(7-4-2)11-22-16(21)17-9-5-8-13-14(19)10-15(20)18-13/h3-4,6-7,13H,1,5,8-11H2,2H3,(H,17,21)(H,18,20). The van der Waals surface area contributed by atoms with Crippen LogP contribution >= 0.6 is 0 Å². The van der Waals surface area contributed by atoms with E-state index in [9.17, 15) is 14.4 Å². The zero-order valence-corrected chi connectivity index (χ0v) is 12.8. The number of ether oxygens (including phenoxy) is 1. The number of carbonyl (C=O) groups excluding carboxylic acids is 3. The van der Waals surface area contributed by atoms with E-state index in [1.165, 1.54) is 0 Å². The van der Waals surface area contributed by atoms with Crippen LogP contribution in [0.4, 0.5) is 4.79 Å². The van der Waals surface area contributed by atoms with Crippen LogP contribution < -0.4 is 10.6 Å². The Bertz CT molecular complexity index is 494. The summed E-state index contributed by atoms with van der Waals surface area (Å²) in [5.74, 6) is -0.314. The van der Waals surface area contributed by atoms with Crippen LogP contribution in [0.15, 0.2) is 36.5 Å². The molecule has 1 atom stereocenters. The van der Waals surface area contributed by atoms with E-state index in [0.29, 0.717) is 19.4 Å². The fourth-order valence-electron chi connectivity index (χ4n) is 2.05. The zero-order valence-electron chi connectivity index (χ0n) is 12.8. The van der Waals surface area contributed by atoms with Crippen molar-refractivity contribution in [1.29, 1.82) is 0 Å². The van der Waals surface area contributed by atoms with Gasteiger partial charge in [0.05, 0.1) is 12.5 Å². The Hall–Kier alpha value is -2.37. The fraction of sp³-hybridized carbons (Fsp3) is 0.438. The van der Waals surface area contributed by atoms with E-state index in [0.717, 1.165) is 5.57 Å². The van der Waals surface area contributed by atoms with Crippen molar-refractivity contribution in [2.45, 2.75) is 32.2 Å². The molecule has 1 aliphatic rings. The molecule has 0 bridgehead atoms. The van der Waals surface area contributed by atoms with Crippen LogP contribution in [0.5, 0.6) is 0 Å². The molecular weight excluding hydrogens is 284 g/mol. The highest BCUT2D eigenvalue weighted by molar-refractivity contribution is 6.07. The molecule has 1 saturated heterocycles. The number of rotatable bonds is 8. The Balaban J connectivity index is 2.18. The van der Waals surface area contributed by atoms with Crippen molar-refractivity contribution in [1.82, 2.24) is 10.6 Å². The molecular formula is C16H22N2O4. The number of ketones is 1. The van der Waals surface area contributed by atoms with Gasteiger partial charge in [0.25, 0.3) is 0 Å². The summed E-state index contributed by atoms with van der Waals surface area (Å²) in [6, 6.07) is -0.415. The predicted molar refractivity (Wildman–Crippen MR) is 83.2 cm³/mol. The maximum Gasteiger partial charge on any atom is 0.407 e. The second-order valence-corrected chi connectivity index (χ2v) is 4.89. The molecule has 120 valence electrons. The van der Waals surface area contributed by atoms with E-state index >= 15 is 0 Å². The molecule has 0 saturated carbocycles. The van der Waals surface area contributed by atoms with Crippen molar-refractivity contribution in [3.63, 3.8) is 0 Å². The SMILES string of the molecule is C=CC=C(C=CC)COC(=O)NCCCC1NC(=O)CC1=O. The van der Waals surface area contributed by atoms with Crippen LogP contribution in [0.2, 0.25) is 0 Å². The summed E-state index contributed by atoms with van der Waals surface area (Å²) in [5, 5.41) is 5.21. The Morgan fingerprint density at radius 2 is 2.27 bits per heavy atom. The number of amides is 2. The highest BCUT2D eigenvalue weighted by Crippen LogP contribution is 2.07. The first-order valence-corrected chi connectivity index (χ1v) is 7.23. The number of allylic oxidation sites excluding steroid dienone is 3. The van der Waals surface area contributed by atoms with Crippen molar-refractivity contribution in [2.24, 2.45) is 0 Å². The molecule has 0 aromatic heterocycles. The van der Waals surface area contributed by atoms with Gasteiger partial charge in [-0.05, 0) is 25.3 Å². The summed E-state index contributed by atoms with van der Waals surface area (Å²) in [6.45, 7) is 6.03. The average molecular weight is 306 g/mol. The van der Waals surface area contributed by atoms with Crippen molar-refractivity contribution in [3.05, 3.63) is 36.5 Å². The summed E-state index contributed by atoms with van der Waals surface area (Å²) in [6.07, 6.45) is 7.64. The normalized spacial score (nSPS) is 18.4. The van der Waals surface area contributed by atoms with E-state index in [1.54, 1.807) is 12.2 Å². The third kappa shape index (κ3) is 6.39. The third-order valence-electron chi connectivity index (χ3n) is 3.08. The number of hydrogen-bond acceptors (Lipinski definition) is 4. The lowest BCUT2D eigenvalue weighted by atomic mass is 10.1. The zero-order chi connectivity index (χ0) is 16.4. The second-order valence-electron chi connectivity index (χ2n) is 4.89. The summed E-state index contributed by atoms with van der Waals surface area (Å²) in [5.41, 5.74) is 0.840. The Morgan fingerprint density at radius 1 is 1.50 bits per heavy atom. The summed E-state index contributed by atoms with van der Waals surface area (Å²) >= 11 is 0. The predicted octanol–water partition coefficient (Wildman–Crippen LogP) is 1.64. The molecule has 2 N–H and O–H groups in total. The minimum atomic E-state index is -0.513. The molecule has 6 heteroatoms. The molecule has 0 aromatic carbocycles. The van der Waals surface area contributed by atoms with E-state index in [-0.39, 0.29) is 24.7 Å². The lowest BCUT2D eigenvalue weighted by Crippen LogP contribution is -2.31. The molecule has 1 rings (SSSR count). The quantitative estimate of drug-likeness (QED) is 0.405. The van der Waals surface area contributed by atoms with Gasteiger partial charge in [-0.15, -0.1) is 0 Å². The van der Waals surface area contributed by atoms with Gasteiger partial charge in [0.1, 0.15) is 6.61 Å². The highest BCUT2D eigenvalue weighted by atomic mass is 16.5. The smallest absolute Gasteiger partial charge is 0.407 e. The summed E-state index contributed by atoms with van der Waals surface area (Å²) in [4.78, 5) is 33.9. The molecule has 0 spiro atoms. The van der Waals surface area contributed by atoms with Gasteiger partial charge in [-0.2, -0.15) is 0 Å². The molecule has 1 aliphatic heterocycles. The Morgan fingerprint density at radius 3 is 2.86 bits per heavy atom. The van der Waals surface area contributed by atoms with Crippen molar-refractivity contribution < 1.29 is 19.1 Å². The molecule has 1 heterocycles. The van der Waals surface area contributed by atoms with Crippen LogP contribution in [0.25, 0.3) is 0 Å². The Kier molecular flexibility index (Phi) is 7.67. The van der Waals surface area contributed by atoms with Crippen LogP contribution in [-0.4, -0.2) is 37.0 Å². The molecule has 1 fully saturated rings. The van der Waals surface area contributed by atoms with E-state index < -0.39 is 12.1 Å². The first-order valence-electron chi connectivity index (χ1n) is 7.23. The first-order chi connectivity index (χ1) is 10.6. The molecule has 6 nitrogen and oxygen atoms in total. The van der Waals surface area contributed by atoms with Crippen LogP contribution in [0.3, 0.4) is 0 Å². The maximum atomic E-state index is 11.5. The number of hydrogen-bond donors (Lipinski definition) is 2. The molecule has 22 heavy (non-hydrogen) atoms. The van der Waals surface area contributed by atoms with Crippen LogP contribution in [0.1, 0.15) is 26.2 Å². The maximum absolute atomic E-state index is 11.5. The van der Waals surface area contributed by atoms with Crippen molar-refractivity contribution >= 4 is 17.8 Å². The number of carbonyl (C=O) groups is 3. The van der Waals surface area contributed by atoms with Gasteiger partial charge in [0.2, 0.25) is 5.91 Å². The van der Waals surface area contributed by atoms with E-state index in [2.05, 4.69) is 17.2 Å². The monoisotopic (exact) mass is 306 g/mol. The number of nitrogens with one attached hydrogen (secondary N) is 2. The Labute approximate surface area is 130 Å². The molecule has 1 unspecified atom stereocenters. The number of Topliss-reactive ketones (excluding diaryl/α,β-unsaturated/α-hetero) is 1. The van der Waals surface area contributed by atoms with Crippen LogP contribution in [0, 0.1) is 0 Å². The van der Waals surface area contributed by atoms with E-state index in [4.69, 9.17) is 4.74 Å². The third-order valence-corrected chi connectivity index (χ3v) is 3.08. The van der Waals surface area contributed by atoms with Crippen molar-refractivity contribution in [2.75, 3.05) is 13.2 Å². The minimum Gasteiger partial charge on any atom is -0.445 e. The fourth-order valence-corrected chi connectivity index (χ4v) is 2.05. The highest BCUT2D eigenvalue weighted by Gasteiger charge is 2.29. The van der Waals surface area contributed by atoms with Gasteiger partial charge in [-0.3, -0.25) is 9.59 Å². The van der Waals surface area contributed by atoms with Gasteiger partial charge in [-0.25, -0.2) is 4.79 Å². The largest absolute Gasteiger partial charge is 0.445 e. The van der Waals surface area contributed by atoms with Gasteiger partial charge in [0, 0.05) is 6.54 Å². The van der Waals surface area contributed by atoms with Gasteiger partial charge in [0.15, 0.2) is 5.78 Å². The summed E-state index contributed by atoms with van der Waals surface area (Å²) < 4.78 is 5.07. The average Bonchev–Trinajstić information content (AvgIpc) is 2.79. The number of alkyl carbamates (subject to hydrolysis) is 1. The van der Waals surface area contributed by atoms with Gasteiger partial charge < -0.3 is 15.4 Å². The van der Waals surface area contributed by atoms with Gasteiger partial charge in [-0.1, -0.05) is 30.9 Å². The lowest BCUT2D eigenvalue weighted by Gasteiger charge is -2.10. The first kappa shape index (κ1) is 17.7. The van der Waals surface area contributed by atoms with Crippen LogP contribution in [-0.2, 0) is 14.3 Å². The molecule has 0 aliphatic carbocycles. The topological polar surface area (TPSA) is 84.5 Å². The molecule has 0 radical (unpaired) electrons. The second kappa shape index (κ2) is 9.55. The molecule has 0 aromatic rings. The minimum absolute atomic E-state index is 0.0382. The van der Waals surface area contributed by atoms with Gasteiger partial charge >= 0.3 is 6.09 Å². The van der Waals surface area contributed by atoms with E-state index in [1.807, 2.05) is 19.1 Å².